The molecule has 6 heteroatoms. The molecule has 1 fully saturated rings. The van der Waals surface area contributed by atoms with E-state index >= 15 is 0 Å². The van der Waals surface area contributed by atoms with E-state index in [1.807, 2.05) is 18.2 Å². The van der Waals surface area contributed by atoms with Crippen LogP contribution in [0.2, 0.25) is 5.02 Å². The van der Waals surface area contributed by atoms with Gasteiger partial charge in [0, 0.05) is 46.0 Å². The van der Waals surface area contributed by atoms with E-state index < -0.39 is 0 Å². The van der Waals surface area contributed by atoms with Crippen molar-refractivity contribution < 1.29 is 0 Å². The number of pyridine rings is 1. The van der Waals surface area contributed by atoms with Crippen LogP contribution in [0.3, 0.4) is 0 Å². The Labute approximate surface area is 190 Å². The van der Waals surface area contributed by atoms with Gasteiger partial charge < -0.3 is 20.5 Å². The van der Waals surface area contributed by atoms with Gasteiger partial charge >= 0.3 is 0 Å². The summed E-state index contributed by atoms with van der Waals surface area (Å²) in [5, 5.41) is 12.9. The molecule has 0 aliphatic heterocycles. The highest BCUT2D eigenvalue weighted by molar-refractivity contribution is 6.30. The monoisotopic (exact) mass is 439 g/mol. The number of nitrogens with one attached hydrogen (secondary N) is 3. The zero-order chi connectivity index (χ0) is 22.0. The number of aromatic nitrogens is 2. The molecule has 0 bridgehead atoms. The van der Waals surface area contributed by atoms with Gasteiger partial charge in [0.1, 0.15) is 11.5 Å². The number of rotatable bonds is 7. The Balaban J connectivity index is 1.83. The molecular weight excluding hydrogens is 406 g/mol. The van der Waals surface area contributed by atoms with Gasteiger partial charge in [0.05, 0.1) is 5.69 Å². The molecule has 2 aromatic heterocycles. The fourth-order valence-electron chi connectivity index (χ4n) is 4.76. The molecular formula is C25H34ClN5. The van der Waals surface area contributed by atoms with Crippen LogP contribution >= 0.6 is 11.6 Å². The zero-order valence-electron chi connectivity index (χ0n) is 19.0. The second kappa shape index (κ2) is 9.49. The standard InChI is InChI=1S/C25H34ClN5/c1-5-19-23(28-18-10-8-9-17(26)15-18)20-13-14-31(16(2)3)25(20)30-24(19)29-22-12-7-6-11-21(22)27-4/h8-10,13-16,21-22,27H,5-7,11-12H2,1-4H3,(H2,28,29,30). The first-order valence-electron chi connectivity index (χ1n) is 11.5. The van der Waals surface area contributed by atoms with E-state index in [-0.39, 0.29) is 0 Å². The minimum absolute atomic E-state index is 0.337. The number of halogens is 1. The number of nitrogens with zero attached hydrogens (tertiary/aromatic N) is 2. The molecule has 4 rings (SSSR count). The van der Waals surface area contributed by atoms with Crippen LogP contribution in [0.5, 0.6) is 0 Å². The van der Waals surface area contributed by atoms with Crippen LogP contribution in [0, 0.1) is 0 Å². The molecule has 2 atom stereocenters. The molecule has 2 unspecified atom stereocenters. The normalized spacial score (nSPS) is 19.2. The summed E-state index contributed by atoms with van der Waals surface area (Å²) in [7, 11) is 2.07. The minimum atomic E-state index is 0.337. The van der Waals surface area contributed by atoms with Crippen molar-refractivity contribution in [1.82, 2.24) is 14.9 Å². The fraction of sp³-hybridized carbons (Fsp3) is 0.480. The van der Waals surface area contributed by atoms with E-state index in [4.69, 9.17) is 16.6 Å². The van der Waals surface area contributed by atoms with Gasteiger partial charge in [-0.1, -0.05) is 37.4 Å². The maximum atomic E-state index is 6.26. The van der Waals surface area contributed by atoms with Crippen molar-refractivity contribution in [3.8, 4) is 0 Å². The fourth-order valence-corrected chi connectivity index (χ4v) is 4.96. The first kappa shape index (κ1) is 22.0. The van der Waals surface area contributed by atoms with Gasteiger partial charge in [0.2, 0.25) is 0 Å². The Morgan fingerprint density at radius 3 is 2.61 bits per heavy atom. The SMILES string of the molecule is CCc1c(NC2CCCCC2NC)nc2c(ccn2C(C)C)c1Nc1cccc(Cl)c1. The minimum Gasteiger partial charge on any atom is -0.365 e. The molecule has 1 saturated carbocycles. The second-order valence-corrected chi connectivity index (χ2v) is 9.22. The Kier molecular flexibility index (Phi) is 6.73. The Morgan fingerprint density at radius 1 is 1.16 bits per heavy atom. The molecule has 5 nitrogen and oxygen atoms in total. The third kappa shape index (κ3) is 4.53. The van der Waals surface area contributed by atoms with Crippen molar-refractivity contribution in [3.63, 3.8) is 0 Å². The number of hydrogen-bond donors (Lipinski definition) is 3. The summed E-state index contributed by atoms with van der Waals surface area (Å²) < 4.78 is 2.25. The van der Waals surface area contributed by atoms with E-state index in [1.54, 1.807) is 0 Å². The Hall–Kier alpha value is -2.24. The topological polar surface area (TPSA) is 53.9 Å². The van der Waals surface area contributed by atoms with Crippen LogP contribution in [0.4, 0.5) is 17.2 Å². The summed E-state index contributed by atoms with van der Waals surface area (Å²) in [6, 6.07) is 11.3. The number of anilines is 3. The summed E-state index contributed by atoms with van der Waals surface area (Å²) in [5.41, 5.74) is 4.34. The van der Waals surface area contributed by atoms with Gasteiger partial charge in [-0.3, -0.25) is 0 Å². The molecule has 0 radical (unpaired) electrons. The summed E-state index contributed by atoms with van der Waals surface area (Å²) in [4.78, 5) is 5.17. The summed E-state index contributed by atoms with van der Waals surface area (Å²) in [6.45, 7) is 6.60. The number of hydrogen-bond acceptors (Lipinski definition) is 4. The van der Waals surface area contributed by atoms with Crippen LogP contribution < -0.4 is 16.0 Å². The molecule has 31 heavy (non-hydrogen) atoms. The molecule has 1 aromatic carbocycles. The highest BCUT2D eigenvalue weighted by atomic mass is 35.5. The lowest BCUT2D eigenvalue weighted by atomic mass is 9.90. The average molecular weight is 440 g/mol. The Morgan fingerprint density at radius 2 is 1.94 bits per heavy atom. The van der Waals surface area contributed by atoms with Crippen LogP contribution in [0.1, 0.15) is 58.1 Å². The van der Waals surface area contributed by atoms with Crippen LogP contribution in [-0.4, -0.2) is 28.7 Å². The highest BCUT2D eigenvalue weighted by Crippen LogP contribution is 2.37. The molecule has 0 saturated heterocycles. The number of fused-ring (bicyclic) bond motifs is 1. The summed E-state index contributed by atoms with van der Waals surface area (Å²) in [6.07, 6.45) is 7.94. The zero-order valence-corrected chi connectivity index (χ0v) is 19.8. The van der Waals surface area contributed by atoms with Gasteiger partial charge in [-0.2, -0.15) is 0 Å². The second-order valence-electron chi connectivity index (χ2n) is 8.79. The molecule has 1 aliphatic carbocycles. The molecule has 3 N–H and O–H groups in total. The first-order chi connectivity index (χ1) is 15.0. The smallest absolute Gasteiger partial charge is 0.144 e. The van der Waals surface area contributed by atoms with Gasteiger partial charge in [-0.05, 0) is 64.4 Å². The van der Waals surface area contributed by atoms with E-state index in [9.17, 15) is 0 Å². The van der Waals surface area contributed by atoms with Gasteiger partial charge in [0.25, 0.3) is 0 Å². The molecule has 1 aliphatic rings. The summed E-state index contributed by atoms with van der Waals surface area (Å²) >= 11 is 6.26. The van der Waals surface area contributed by atoms with E-state index in [0.29, 0.717) is 18.1 Å². The molecule has 2 heterocycles. The predicted octanol–water partition coefficient (Wildman–Crippen LogP) is 6.52. The van der Waals surface area contributed by atoms with E-state index in [0.717, 1.165) is 46.1 Å². The average Bonchev–Trinajstić information content (AvgIpc) is 3.18. The van der Waals surface area contributed by atoms with Crippen molar-refractivity contribution in [2.24, 2.45) is 0 Å². The van der Waals surface area contributed by atoms with Gasteiger partial charge in [0.15, 0.2) is 0 Å². The van der Waals surface area contributed by atoms with E-state index in [2.05, 4.69) is 66.7 Å². The van der Waals surface area contributed by atoms with Gasteiger partial charge in [-0.15, -0.1) is 0 Å². The van der Waals surface area contributed by atoms with E-state index in [1.165, 1.54) is 24.8 Å². The molecule has 0 amide bonds. The van der Waals surface area contributed by atoms with Crippen molar-refractivity contribution in [1.29, 1.82) is 0 Å². The molecule has 166 valence electrons. The lowest BCUT2D eigenvalue weighted by molar-refractivity contribution is 0.361. The number of likely N-dealkylation sites (N-methyl/N-ethyl adjacent to an activating group) is 1. The number of benzene rings is 1. The molecule has 3 aromatic rings. The van der Waals surface area contributed by atoms with Crippen molar-refractivity contribution in [2.75, 3.05) is 17.7 Å². The Bertz CT molecular complexity index is 1040. The maximum Gasteiger partial charge on any atom is 0.144 e. The van der Waals surface area contributed by atoms with Crippen LogP contribution in [-0.2, 0) is 6.42 Å². The summed E-state index contributed by atoms with van der Waals surface area (Å²) in [5.74, 6) is 0.993. The quantitative estimate of drug-likeness (QED) is 0.392. The van der Waals surface area contributed by atoms with Crippen molar-refractivity contribution in [2.45, 2.75) is 71.0 Å². The third-order valence-corrected chi connectivity index (χ3v) is 6.66. The maximum absolute atomic E-state index is 6.26. The van der Waals surface area contributed by atoms with Crippen molar-refractivity contribution >= 4 is 39.8 Å². The van der Waals surface area contributed by atoms with Gasteiger partial charge in [-0.25, -0.2) is 4.98 Å². The predicted molar refractivity (Wildman–Crippen MR) is 133 cm³/mol. The van der Waals surface area contributed by atoms with Crippen LogP contribution in [0.25, 0.3) is 11.0 Å². The third-order valence-electron chi connectivity index (χ3n) is 6.42. The van der Waals surface area contributed by atoms with Crippen molar-refractivity contribution in [3.05, 3.63) is 47.1 Å². The highest BCUT2D eigenvalue weighted by Gasteiger charge is 2.26. The van der Waals surface area contributed by atoms with Crippen LogP contribution in [0.15, 0.2) is 36.5 Å². The first-order valence-corrected chi connectivity index (χ1v) is 11.9. The lowest BCUT2D eigenvalue weighted by Gasteiger charge is -2.33. The lowest BCUT2D eigenvalue weighted by Crippen LogP contribution is -2.44. The largest absolute Gasteiger partial charge is 0.365 e. The molecule has 0 spiro atoms.